The van der Waals surface area contributed by atoms with E-state index in [4.69, 9.17) is 0 Å². The van der Waals surface area contributed by atoms with E-state index in [1.807, 2.05) is 42.5 Å². The number of carbonyl (C=O) groups excluding carboxylic acids is 1. The van der Waals surface area contributed by atoms with Gasteiger partial charge in [0, 0.05) is 30.7 Å². The number of nitrogens with one attached hydrogen (secondary N) is 1. The molecule has 0 aromatic heterocycles. The molecular formula is C19H22BrN3O. The van der Waals surface area contributed by atoms with E-state index >= 15 is 0 Å². The first kappa shape index (κ1) is 17.0. The molecule has 0 radical (unpaired) electrons. The van der Waals surface area contributed by atoms with Crippen molar-refractivity contribution >= 4 is 33.2 Å². The number of hydrogen-bond donors (Lipinski definition) is 1. The summed E-state index contributed by atoms with van der Waals surface area (Å²) in [6.45, 7) is 7.37. The van der Waals surface area contributed by atoms with E-state index in [0.717, 1.165) is 48.6 Å². The van der Waals surface area contributed by atoms with Gasteiger partial charge in [-0.05, 0) is 46.7 Å². The smallest absolute Gasteiger partial charge is 0.256 e. The fourth-order valence-corrected chi connectivity index (χ4v) is 3.46. The second-order valence-corrected chi connectivity index (χ2v) is 6.73. The Kier molecular flexibility index (Phi) is 5.53. The van der Waals surface area contributed by atoms with E-state index in [2.05, 4.69) is 44.0 Å². The van der Waals surface area contributed by atoms with Gasteiger partial charge in [-0.1, -0.05) is 31.2 Å². The van der Waals surface area contributed by atoms with Crippen LogP contribution in [0.5, 0.6) is 0 Å². The zero-order chi connectivity index (χ0) is 16.9. The summed E-state index contributed by atoms with van der Waals surface area (Å²) >= 11 is 3.44. The van der Waals surface area contributed by atoms with E-state index in [1.165, 1.54) is 0 Å². The number of nitrogens with zero attached hydrogens (tertiary/aromatic N) is 2. The highest BCUT2D eigenvalue weighted by molar-refractivity contribution is 9.10. The Hall–Kier alpha value is -1.85. The van der Waals surface area contributed by atoms with Crippen LogP contribution in [0, 0.1) is 0 Å². The minimum atomic E-state index is -0.0953. The Morgan fingerprint density at radius 2 is 1.71 bits per heavy atom. The molecule has 1 aliphatic rings. The van der Waals surface area contributed by atoms with Crippen LogP contribution in [0.4, 0.5) is 11.4 Å². The predicted octanol–water partition coefficient (Wildman–Crippen LogP) is 3.84. The van der Waals surface area contributed by atoms with Crippen LogP contribution in [-0.4, -0.2) is 43.5 Å². The van der Waals surface area contributed by atoms with Gasteiger partial charge in [0.05, 0.1) is 16.9 Å². The molecule has 3 rings (SSSR count). The first-order valence-corrected chi connectivity index (χ1v) is 9.10. The van der Waals surface area contributed by atoms with Crippen LogP contribution in [0.1, 0.15) is 17.3 Å². The van der Waals surface area contributed by atoms with Gasteiger partial charge in [-0.2, -0.15) is 0 Å². The Morgan fingerprint density at radius 1 is 1.04 bits per heavy atom. The second-order valence-electron chi connectivity index (χ2n) is 5.87. The van der Waals surface area contributed by atoms with Crippen molar-refractivity contribution < 1.29 is 4.79 Å². The van der Waals surface area contributed by atoms with Crippen molar-refractivity contribution in [2.75, 3.05) is 42.9 Å². The van der Waals surface area contributed by atoms with Gasteiger partial charge in [0.2, 0.25) is 0 Å². The van der Waals surface area contributed by atoms with E-state index in [0.29, 0.717) is 5.56 Å². The second kappa shape index (κ2) is 7.81. The molecule has 4 nitrogen and oxygen atoms in total. The van der Waals surface area contributed by atoms with Gasteiger partial charge < -0.3 is 15.1 Å². The molecule has 1 aliphatic heterocycles. The SMILES string of the molecule is CCN1CCN(c2ccccc2NC(=O)c2ccccc2Br)CC1. The standard InChI is InChI=1S/C19H22BrN3O/c1-2-22-11-13-23(14-12-22)18-10-6-5-9-17(18)21-19(24)15-7-3-4-8-16(15)20/h3-10H,2,11-14H2,1H3,(H,21,24). The van der Waals surface area contributed by atoms with E-state index in [1.54, 1.807) is 0 Å². The lowest BCUT2D eigenvalue weighted by molar-refractivity contribution is 0.102. The van der Waals surface area contributed by atoms with E-state index < -0.39 is 0 Å². The molecule has 1 N–H and O–H groups in total. The van der Waals surface area contributed by atoms with Crippen molar-refractivity contribution in [2.24, 2.45) is 0 Å². The minimum Gasteiger partial charge on any atom is -0.367 e. The highest BCUT2D eigenvalue weighted by Gasteiger charge is 2.19. The van der Waals surface area contributed by atoms with Crippen molar-refractivity contribution in [3.05, 3.63) is 58.6 Å². The van der Waals surface area contributed by atoms with Crippen LogP contribution >= 0.6 is 15.9 Å². The van der Waals surface area contributed by atoms with E-state index in [9.17, 15) is 4.79 Å². The van der Waals surface area contributed by atoms with Gasteiger partial charge in [-0.3, -0.25) is 4.79 Å². The third kappa shape index (κ3) is 3.79. The van der Waals surface area contributed by atoms with Gasteiger partial charge in [-0.25, -0.2) is 0 Å². The molecule has 2 aromatic rings. The van der Waals surface area contributed by atoms with Crippen LogP contribution in [0.15, 0.2) is 53.0 Å². The van der Waals surface area contributed by atoms with Crippen LogP contribution in [-0.2, 0) is 0 Å². The summed E-state index contributed by atoms with van der Waals surface area (Å²) in [5, 5.41) is 3.07. The van der Waals surface area contributed by atoms with E-state index in [-0.39, 0.29) is 5.91 Å². The Balaban J connectivity index is 1.77. The van der Waals surface area contributed by atoms with Crippen LogP contribution in [0.25, 0.3) is 0 Å². The summed E-state index contributed by atoms with van der Waals surface area (Å²) in [6, 6.07) is 15.5. The quantitative estimate of drug-likeness (QED) is 0.865. The molecule has 0 unspecified atom stereocenters. The van der Waals surface area contributed by atoms with Crippen molar-refractivity contribution in [3.63, 3.8) is 0 Å². The maximum Gasteiger partial charge on any atom is 0.256 e. The highest BCUT2D eigenvalue weighted by Crippen LogP contribution is 2.28. The Labute approximate surface area is 151 Å². The number of anilines is 2. The number of benzene rings is 2. The summed E-state index contributed by atoms with van der Waals surface area (Å²) in [5.74, 6) is -0.0953. The molecule has 1 fully saturated rings. The van der Waals surface area contributed by atoms with Gasteiger partial charge >= 0.3 is 0 Å². The topological polar surface area (TPSA) is 35.6 Å². The number of para-hydroxylation sites is 2. The van der Waals surface area contributed by atoms with Gasteiger partial charge in [-0.15, -0.1) is 0 Å². The average molecular weight is 388 g/mol. The first-order chi connectivity index (χ1) is 11.7. The molecule has 0 bridgehead atoms. The molecule has 1 heterocycles. The van der Waals surface area contributed by atoms with Gasteiger partial charge in [0.15, 0.2) is 0 Å². The third-order valence-corrected chi connectivity index (χ3v) is 5.12. The molecule has 0 spiro atoms. The first-order valence-electron chi connectivity index (χ1n) is 8.31. The number of rotatable bonds is 4. The maximum atomic E-state index is 12.6. The number of amides is 1. The molecule has 0 saturated carbocycles. The molecule has 24 heavy (non-hydrogen) atoms. The Morgan fingerprint density at radius 3 is 2.42 bits per heavy atom. The lowest BCUT2D eigenvalue weighted by atomic mass is 10.1. The van der Waals surface area contributed by atoms with Gasteiger partial charge in [0.25, 0.3) is 5.91 Å². The number of halogens is 1. The molecule has 1 saturated heterocycles. The largest absolute Gasteiger partial charge is 0.367 e. The van der Waals surface area contributed by atoms with Crippen LogP contribution < -0.4 is 10.2 Å². The lowest BCUT2D eigenvalue weighted by Gasteiger charge is -2.36. The monoisotopic (exact) mass is 387 g/mol. The fourth-order valence-electron chi connectivity index (χ4n) is 3.00. The average Bonchev–Trinajstić information content (AvgIpc) is 2.62. The predicted molar refractivity (Wildman–Crippen MR) is 103 cm³/mol. The number of likely N-dealkylation sites (N-methyl/N-ethyl adjacent to an activating group) is 1. The molecule has 1 amide bonds. The highest BCUT2D eigenvalue weighted by atomic mass is 79.9. The zero-order valence-corrected chi connectivity index (χ0v) is 15.4. The molecule has 126 valence electrons. The maximum absolute atomic E-state index is 12.6. The van der Waals surface area contributed by atoms with Crippen molar-refractivity contribution in [1.29, 1.82) is 0 Å². The summed E-state index contributed by atoms with van der Waals surface area (Å²) in [4.78, 5) is 17.4. The van der Waals surface area contributed by atoms with Crippen molar-refractivity contribution in [2.45, 2.75) is 6.92 Å². The number of hydrogen-bond acceptors (Lipinski definition) is 3. The summed E-state index contributed by atoms with van der Waals surface area (Å²) in [6.07, 6.45) is 0. The molecular weight excluding hydrogens is 366 g/mol. The summed E-state index contributed by atoms with van der Waals surface area (Å²) in [5.41, 5.74) is 2.60. The van der Waals surface area contributed by atoms with Crippen LogP contribution in [0.2, 0.25) is 0 Å². The normalized spacial score (nSPS) is 15.3. The van der Waals surface area contributed by atoms with Gasteiger partial charge in [0.1, 0.15) is 0 Å². The Bertz CT molecular complexity index is 711. The lowest BCUT2D eigenvalue weighted by Crippen LogP contribution is -2.46. The van der Waals surface area contributed by atoms with Crippen molar-refractivity contribution in [3.8, 4) is 0 Å². The number of carbonyl (C=O) groups is 1. The molecule has 2 aromatic carbocycles. The molecule has 0 aliphatic carbocycles. The zero-order valence-electron chi connectivity index (χ0n) is 13.8. The van der Waals surface area contributed by atoms with Crippen molar-refractivity contribution in [1.82, 2.24) is 4.90 Å². The fraction of sp³-hybridized carbons (Fsp3) is 0.316. The number of piperazine rings is 1. The molecule has 0 atom stereocenters. The minimum absolute atomic E-state index is 0.0953. The molecule has 5 heteroatoms. The third-order valence-electron chi connectivity index (χ3n) is 4.43. The summed E-state index contributed by atoms with van der Waals surface area (Å²) in [7, 11) is 0. The summed E-state index contributed by atoms with van der Waals surface area (Å²) < 4.78 is 0.802. The van der Waals surface area contributed by atoms with Crippen LogP contribution in [0.3, 0.4) is 0 Å².